The van der Waals surface area contributed by atoms with Gasteiger partial charge in [-0.2, -0.15) is 0 Å². The summed E-state index contributed by atoms with van der Waals surface area (Å²) < 4.78 is 6.99. The average Bonchev–Trinajstić information content (AvgIpc) is 2.57. The van der Waals surface area contributed by atoms with E-state index in [9.17, 15) is 14.4 Å². The first-order chi connectivity index (χ1) is 11.5. The molecule has 0 radical (unpaired) electrons. The molecule has 2 aromatic rings. The first-order valence-corrected chi connectivity index (χ1v) is 8.26. The number of benzene rings is 1. The van der Waals surface area contributed by atoms with Crippen LogP contribution < -0.4 is 5.56 Å². The van der Waals surface area contributed by atoms with E-state index in [2.05, 4.69) is 4.98 Å². The maximum Gasteiger partial charge on any atom is 0.338 e. The number of carbonyl (C=O) groups is 2. The summed E-state index contributed by atoms with van der Waals surface area (Å²) >= 11 is 0. The van der Waals surface area contributed by atoms with E-state index in [-0.39, 0.29) is 11.3 Å². The van der Waals surface area contributed by atoms with Crippen LogP contribution in [0.1, 0.15) is 48.7 Å². The lowest BCUT2D eigenvalue weighted by molar-refractivity contribution is -0.129. The van der Waals surface area contributed by atoms with E-state index >= 15 is 0 Å². The monoisotopic (exact) mass is 328 g/mol. The smallest absolute Gasteiger partial charge is 0.338 e. The molecule has 1 aliphatic rings. The molecule has 6 heteroatoms. The second-order valence-corrected chi connectivity index (χ2v) is 6.06. The molecular weight excluding hydrogens is 308 g/mol. The number of esters is 1. The number of rotatable bonds is 3. The molecule has 0 amide bonds. The molecule has 1 atom stereocenters. The normalized spacial score (nSPS) is 17.9. The van der Waals surface area contributed by atoms with Gasteiger partial charge in [-0.3, -0.25) is 9.59 Å². The molecule has 0 bridgehead atoms. The van der Waals surface area contributed by atoms with Gasteiger partial charge in [-0.05, 0) is 51.3 Å². The van der Waals surface area contributed by atoms with E-state index in [0.717, 1.165) is 12.8 Å². The van der Waals surface area contributed by atoms with E-state index in [1.54, 1.807) is 29.7 Å². The topological polar surface area (TPSA) is 78.3 Å². The van der Waals surface area contributed by atoms with Crippen molar-refractivity contribution in [3.8, 4) is 0 Å². The number of hydrogen-bond acceptors (Lipinski definition) is 5. The van der Waals surface area contributed by atoms with Gasteiger partial charge in [0.25, 0.3) is 5.56 Å². The Kier molecular flexibility index (Phi) is 4.46. The van der Waals surface area contributed by atoms with E-state index < -0.39 is 12.1 Å². The number of ether oxygens (including phenoxy) is 1. The molecular formula is C18H20N2O4. The minimum atomic E-state index is -0.638. The summed E-state index contributed by atoms with van der Waals surface area (Å²) in [5.41, 5.74) is 1.84. The van der Waals surface area contributed by atoms with Crippen molar-refractivity contribution in [3.63, 3.8) is 0 Å². The number of hydrogen-bond donors (Lipinski definition) is 0. The predicted octanol–water partition coefficient (Wildman–Crippen LogP) is 2.39. The zero-order valence-electron chi connectivity index (χ0n) is 13.9. The van der Waals surface area contributed by atoms with Crippen molar-refractivity contribution in [2.75, 3.05) is 0 Å². The molecule has 1 heterocycles. The van der Waals surface area contributed by atoms with Crippen LogP contribution in [0.4, 0.5) is 0 Å². The molecule has 6 nitrogen and oxygen atoms in total. The second-order valence-electron chi connectivity index (χ2n) is 6.06. The highest BCUT2D eigenvalue weighted by atomic mass is 16.5. The second kappa shape index (κ2) is 6.55. The van der Waals surface area contributed by atoms with Crippen molar-refractivity contribution < 1.29 is 14.3 Å². The molecule has 3 rings (SSSR count). The predicted molar refractivity (Wildman–Crippen MR) is 89.1 cm³/mol. The molecule has 126 valence electrons. The number of nitrogens with zero attached hydrogens (tertiary/aromatic N) is 2. The van der Waals surface area contributed by atoms with Crippen LogP contribution in [0.3, 0.4) is 0 Å². The van der Waals surface area contributed by atoms with Gasteiger partial charge in [0.05, 0.1) is 16.6 Å². The van der Waals surface area contributed by atoms with E-state index in [4.69, 9.17) is 4.74 Å². The average molecular weight is 328 g/mol. The standard InChI is InChI=1S/C18H20N2O4/c1-3-20-14-9-8-12(10-13(14)19-11(2)17(20)22)18(23)24-16-7-5-4-6-15(16)21/h8-10,16H,3-7H2,1-2H3/t16-/m1/s1. The van der Waals surface area contributed by atoms with Crippen LogP contribution in [0.25, 0.3) is 11.0 Å². The molecule has 0 aliphatic heterocycles. The Labute approximate surface area is 139 Å². The van der Waals surface area contributed by atoms with E-state index in [0.29, 0.717) is 41.7 Å². The Balaban J connectivity index is 1.93. The molecule has 0 saturated heterocycles. The van der Waals surface area contributed by atoms with Crippen molar-refractivity contribution in [3.05, 3.63) is 39.8 Å². The van der Waals surface area contributed by atoms with Crippen molar-refractivity contribution in [1.29, 1.82) is 0 Å². The van der Waals surface area contributed by atoms with Gasteiger partial charge >= 0.3 is 5.97 Å². The van der Waals surface area contributed by atoms with Gasteiger partial charge < -0.3 is 9.30 Å². The molecule has 1 saturated carbocycles. The SMILES string of the molecule is CCn1c(=O)c(C)nc2cc(C(=O)O[C@@H]3CCCCC3=O)ccc21. The van der Waals surface area contributed by atoms with Gasteiger partial charge in [-0.15, -0.1) is 0 Å². The van der Waals surface area contributed by atoms with Crippen molar-refractivity contribution in [2.45, 2.75) is 52.2 Å². The Morgan fingerprint density at radius 3 is 2.83 bits per heavy atom. The third-order valence-corrected chi connectivity index (χ3v) is 4.41. The first kappa shape index (κ1) is 16.4. The van der Waals surface area contributed by atoms with Gasteiger partial charge in [0, 0.05) is 13.0 Å². The molecule has 1 aliphatic carbocycles. The lowest BCUT2D eigenvalue weighted by atomic mass is 9.96. The summed E-state index contributed by atoms with van der Waals surface area (Å²) in [6, 6.07) is 4.93. The summed E-state index contributed by atoms with van der Waals surface area (Å²) in [6.45, 7) is 4.07. The lowest BCUT2D eigenvalue weighted by Gasteiger charge is -2.20. The minimum absolute atomic E-state index is 0.0100. The summed E-state index contributed by atoms with van der Waals surface area (Å²) in [6.07, 6.45) is 2.18. The molecule has 0 unspecified atom stereocenters. The quantitative estimate of drug-likeness (QED) is 0.808. The molecule has 0 spiro atoms. The number of aryl methyl sites for hydroxylation is 2. The summed E-state index contributed by atoms with van der Waals surface area (Å²) in [7, 11) is 0. The molecule has 24 heavy (non-hydrogen) atoms. The van der Waals surface area contributed by atoms with Crippen molar-refractivity contribution in [2.24, 2.45) is 0 Å². The zero-order chi connectivity index (χ0) is 17.3. The van der Waals surface area contributed by atoms with Crippen molar-refractivity contribution >= 4 is 22.8 Å². The van der Waals surface area contributed by atoms with E-state index in [1.165, 1.54) is 0 Å². The van der Waals surface area contributed by atoms with E-state index in [1.807, 2.05) is 6.92 Å². The zero-order valence-corrected chi connectivity index (χ0v) is 13.9. The molecule has 1 aromatic carbocycles. The van der Waals surface area contributed by atoms with Crippen LogP contribution in [0, 0.1) is 6.92 Å². The van der Waals surface area contributed by atoms with Gasteiger partial charge in [-0.25, -0.2) is 9.78 Å². The minimum Gasteiger partial charge on any atom is -0.451 e. The highest BCUT2D eigenvalue weighted by Gasteiger charge is 2.26. The van der Waals surface area contributed by atoms with Crippen LogP contribution in [0.15, 0.2) is 23.0 Å². The third kappa shape index (κ3) is 2.96. The largest absolute Gasteiger partial charge is 0.451 e. The molecule has 0 N–H and O–H groups in total. The van der Waals surface area contributed by atoms with Crippen LogP contribution in [-0.4, -0.2) is 27.4 Å². The maximum atomic E-state index is 12.3. The Morgan fingerprint density at radius 1 is 1.33 bits per heavy atom. The Morgan fingerprint density at radius 2 is 2.12 bits per heavy atom. The first-order valence-electron chi connectivity index (χ1n) is 8.26. The number of ketones is 1. The summed E-state index contributed by atoms with van der Waals surface area (Å²) in [5, 5.41) is 0. The van der Waals surface area contributed by atoms with Crippen LogP contribution in [0.5, 0.6) is 0 Å². The van der Waals surface area contributed by atoms with Crippen LogP contribution >= 0.6 is 0 Å². The Hall–Kier alpha value is -2.50. The summed E-state index contributed by atoms with van der Waals surface area (Å²) in [4.78, 5) is 40.5. The highest BCUT2D eigenvalue weighted by Crippen LogP contribution is 2.20. The maximum absolute atomic E-state index is 12.3. The number of Topliss-reactive ketones (excluding diaryl/α,β-unsaturated/α-hetero) is 1. The molecule has 1 aromatic heterocycles. The number of carbonyl (C=O) groups excluding carboxylic acids is 2. The lowest BCUT2D eigenvalue weighted by Crippen LogP contribution is -2.30. The van der Waals surface area contributed by atoms with Gasteiger partial charge in [0.15, 0.2) is 11.9 Å². The molecule has 1 fully saturated rings. The van der Waals surface area contributed by atoms with Gasteiger partial charge in [-0.1, -0.05) is 0 Å². The fourth-order valence-electron chi connectivity index (χ4n) is 3.09. The highest BCUT2D eigenvalue weighted by molar-refractivity contribution is 5.95. The Bertz CT molecular complexity index is 869. The van der Waals surface area contributed by atoms with Crippen LogP contribution in [-0.2, 0) is 16.1 Å². The number of aromatic nitrogens is 2. The third-order valence-electron chi connectivity index (χ3n) is 4.41. The number of fused-ring (bicyclic) bond motifs is 1. The summed E-state index contributed by atoms with van der Waals surface area (Å²) in [5.74, 6) is -0.532. The van der Waals surface area contributed by atoms with Crippen LogP contribution in [0.2, 0.25) is 0 Å². The fourth-order valence-corrected chi connectivity index (χ4v) is 3.09. The fraction of sp³-hybridized carbons (Fsp3) is 0.444. The van der Waals surface area contributed by atoms with Gasteiger partial charge in [0.1, 0.15) is 5.69 Å². The van der Waals surface area contributed by atoms with Gasteiger partial charge in [0.2, 0.25) is 0 Å². The van der Waals surface area contributed by atoms with Crippen molar-refractivity contribution in [1.82, 2.24) is 9.55 Å².